The quantitative estimate of drug-likeness (QED) is 0.747. The lowest BCUT2D eigenvalue weighted by molar-refractivity contribution is 0.357. The van der Waals surface area contributed by atoms with Crippen LogP contribution in [0.25, 0.3) is 22.3 Å². The van der Waals surface area contributed by atoms with E-state index in [-0.39, 0.29) is 0 Å². The summed E-state index contributed by atoms with van der Waals surface area (Å²) >= 11 is 5.99. The van der Waals surface area contributed by atoms with Crippen LogP contribution in [0.4, 0.5) is 5.82 Å². The molecule has 1 aliphatic rings. The number of anilines is 1. The first-order chi connectivity index (χ1) is 10.2. The average Bonchev–Trinajstić information content (AvgIpc) is 2.95. The molecule has 0 atom stereocenters. The molecule has 0 spiro atoms. The molecule has 4 rings (SSSR count). The third-order valence-electron chi connectivity index (χ3n) is 3.63. The number of aromatic nitrogens is 2. The van der Waals surface area contributed by atoms with E-state index in [4.69, 9.17) is 22.1 Å². The number of nitrogens with two attached hydrogens (primary N) is 1. The van der Waals surface area contributed by atoms with E-state index in [9.17, 15) is 0 Å². The third-order valence-corrected chi connectivity index (χ3v) is 3.87. The highest BCUT2D eigenvalue weighted by Crippen LogP contribution is 2.31. The van der Waals surface area contributed by atoms with Crippen molar-refractivity contribution in [3.8, 4) is 17.1 Å². The van der Waals surface area contributed by atoms with Gasteiger partial charge in [0.15, 0.2) is 5.82 Å². The average molecular weight is 298 g/mol. The van der Waals surface area contributed by atoms with Crippen molar-refractivity contribution in [2.75, 3.05) is 12.3 Å². The molecule has 0 fully saturated rings. The lowest BCUT2D eigenvalue weighted by Crippen LogP contribution is -1.98. The molecule has 104 valence electrons. The van der Waals surface area contributed by atoms with Gasteiger partial charge in [-0.15, -0.1) is 0 Å². The Labute approximate surface area is 126 Å². The molecule has 2 N–H and O–H groups in total. The smallest absolute Gasteiger partial charge is 0.162 e. The van der Waals surface area contributed by atoms with Gasteiger partial charge in [-0.1, -0.05) is 11.6 Å². The van der Waals surface area contributed by atoms with Crippen LogP contribution < -0.4 is 10.5 Å². The first-order valence-electron chi connectivity index (χ1n) is 6.69. The molecular formula is C16H12ClN3O. The summed E-state index contributed by atoms with van der Waals surface area (Å²) in [5.41, 5.74) is 8.97. The van der Waals surface area contributed by atoms with Gasteiger partial charge < -0.3 is 10.5 Å². The summed E-state index contributed by atoms with van der Waals surface area (Å²) in [5.74, 6) is 2.01. The van der Waals surface area contributed by atoms with Gasteiger partial charge in [0.05, 0.1) is 12.1 Å². The van der Waals surface area contributed by atoms with Gasteiger partial charge in [-0.05, 0) is 42.0 Å². The van der Waals surface area contributed by atoms with E-state index in [1.54, 1.807) is 12.1 Å². The van der Waals surface area contributed by atoms with Crippen LogP contribution in [0.1, 0.15) is 5.56 Å². The Bertz CT molecular complexity index is 864. The number of rotatable bonds is 1. The lowest BCUT2D eigenvalue weighted by atomic mass is 10.1. The molecule has 0 radical (unpaired) electrons. The number of nitrogens with zero attached hydrogens (tertiary/aromatic N) is 2. The topological polar surface area (TPSA) is 61.0 Å². The summed E-state index contributed by atoms with van der Waals surface area (Å²) < 4.78 is 5.52. The van der Waals surface area contributed by atoms with Gasteiger partial charge in [0, 0.05) is 22.4 Å². The first-order valence-corrected chi connectivity index (χ1v) is 7.07. The maximum Gasteiger partial charge on any atom is 0.162 e. The maximum absolute atomic E-state index is 6.04. The van der Waals surface area contributed by atoms with Crippen molar-refractivity contribution in [2.45, 2.75) is 6.42 Å². The summed E-state index contributed by atoms with van der Waals surface area (Å²) in [6.45, 7) is 0.734. The first kappa shape index (κ1) is 12.4. The van der Waals surface area contributed by atoms with Gasteiger partial charge in [-0.3, -0.25) is 0 Å². The number of fused-ring (bicyclic) bond motifs is 2. The summed E-state index contributed by atoms with van der Waals surface area (Å²) in [6, 6.07) is 11.4. The van der Waals surface area contributed by atoms with Crippen molar-refractivity contribution >= 4 is 28.3 Å². The van der Waals surface area contributed by atoms with E-state index in [0.717, 1.165) is 35.2 Å². The van der Waals surface area contributed by atoms with Gasteiger partial charge in [0.2, 0.25) is 0 Å². The predicted molar refractivity (Wildman–Crippen MR) is 83.6 cm³/mol. The van der Waals surface area contributed by atoms with E-state index in [1.165, 1.54) is 5.56 Å². The summed E-state index contributed by atoms with van der Waals surface area (Å²) in [5, 5.41) is 1.40. The number of benzene rings is 2. The lowest BCUT2D eigenvalue weighted by Gasteiger charge is -2.07. The zero-order valence-corrected chi connectivity index (χ0v) is 11.9. The van der Waals surface area contributed by atoms with Crippen LogP contribution in [-0.4, -0.2) is 16.6 Å². The van der Waals surface area contributed by atoms with E-state index < -0.39 is 0 Å². The molecule has 1 aliphatic heterocycles. The minimum Gasteiger partial charge on any atom is -0.493 e. The SMILES string of the molecule is Nc1nc(-c2ccc3c(c2)CCO3)nc2ccc(Cl)cc12. The second-order valence-corrected chi connectivity index (χ2v) is 5.45. The van der Waals surface area contributed by atoms with E-state index >= 15 is 0 Å². The molecule has 0 aliphatic carbocycles. The molecule has 0 unspecified atom stereocenters. The Balaban J connectivity index is 1.89. The van der Waals surface area contributed by atoms with Gasteiger partial charge in [-0.2, -0.15) is 0 Å². The fourth-order valence-electron chi connectivity index (χ4n) is 2.58. The molecule has 2 heterocycles. The van der Waals surface area contributed by atoms with Crippen molar-refractivity contribution in [1.82, 2.24) is 9.97 Å². The molecule has 4 nitrogen and oxygen atoms in total. The number of ether oxygens (including phenoxy) is 1. The third kappa shape index (κ3) is 2.08. The number of hydrogen-bond acceptors (Lipinski definition) is 4. The highest BCUT2D eigenvalue weighted by molar-refractivity contribution is 6.31. The number of nitrogen functional groups attached to an aromatic ring is 1. The van der Waals surface area contributed by atoms with Crippen molar-refractivity contribution < 1.29 is 4.74 Å². The Kier molecular flexibility index (Phi) is 2.72. The molecule has 0 amide bonds. The Hall–Kier alpha value is -2.33. The Morgan fingerprint density at radius 1 is 1.10 bits per heavy atom. The van der Waals surface area contributed by atoms with E-state index in [1.807, 2.05) is 18.2 Å². The molecule has 1 aromatic heterocycles. The van der Waals surface area contributed by atoms with Crippen molar-refractivity contribution in [3.05, 3.63) is 47.0 Å². The largest absolute Gasteiger partial charge is 0.493 e. The number of halogens is 1. The highest BCUT2D eigenvalue weighted by atomic mass is 35.5. The molecule has 0 saturated carbocycles. The summed E-state index contributed by atoms with van der Waals surface area (Å²) in [7, 11) is 0. The van der Waals surface area contributed by atoms with Gasteiger partial charge in [0.25, 0.3) is 0 Å². The van der Waals surface area contributed by atoms with Crippen LogP contribution in [-0.2, 0) is 6.42 Å². The Morgan fingerprint density at radius 2 is 2.00 bits per heavy atom. The molecule has 3 aromatic rings. The van der Waals surface area contributed by atoms with E-state index in [2.05, 4.69) is 16.0 Å². The highest BCUT2D eigenvalue weighted by Gasteiger charge is 2.14. The molecule has 0 bridgehead atoms. The minimum atomic E-state index is 0.439. The van der Waals surface area contributed by atoms with Crippen molar-refractivity contribution in [2.24, 2.45) is 0 Å². The van der Waals surface area contributed by atoms with Crippen LogP contribution in [0, 0.1) is 0 Å². The van der Waals surface area contributed by atoms with Crippen LogP contribution in [0.5, 0.6) is 5.75 Å². The molecular weight excluding hydrogens is 286 g/mol. The van der Waals surface area contributed by atoms with Crippen LogP contribution >= 0.6 is 11.6 Å². The summed E-state index contributed by atoms with van der Waals surface area (Å²) in [6.07, 6.45) is 0.918. The van der Waals surface area contributed by atoms with Gasteiger partial charge in [-0.25, -0.2) is 9.97 Å². The molecule has 5 heteroatoms. The van der Waals surface area contributed by atoms with Gasteiger partial charge >= 0.3 is 0 Å². The molecule has 0 saturated heterocycles. The second kappa shape index (κ2) is 4.60. The standard InChI is InChI=1S/C16H12ClN3O/c17-11-2-3-13-12(8-11)15(18)20-16(19-13)10-1-4-14-9(7-10)5-6-21-14/h1-4,7-8H,5-6H2,(H2,18,19,20). The van der Waals surface area contributed by atoms with E-state index in [0.29, 0.717) is 16.7 Å². The minimum absolute atomic E-state index is 0.439. The van der Waals surface area contributed by atoms with Crippen molar-refractivity contribution in [3.63, 3.8) is 0 Å². The van der Waals surface area contributed by atoms with Crippen molar-refractivity contribution in [1.29, 1.82) is 0 Å². The maximum atomic E-state index is 6.04. The van der Waals surface area contributed by atoms with Gasteiger partial charge in [0.1, 0.15) is 11.6 Å². The predicted octanol–water partition coefficient (Wildman–Crippen LogP) is 3.47. The second-order valence-electron chi connectivity index (χ2n) is 5.01. The molecule has 2 aromatic carbocycles. The fourth-order valence-corrected chi connectivity index (χ4v) is 2.75. The summed E-state index contributed by atoms with van der Waals surface area (Å²) in [4.78, 5) is 8.99. The van der Waals surface area contributed by atoms with Crippen LogP contribution in [0.2, 0.25) is 5.02 Å². The fraction of sp³-hybridized carbons (Fsp3) is 0.125. The zero-order valence-electron chi connectivity index (χ0n) is 11.1. The van der Waals surface area contributed by atoms with Crippen LogP contribution in [0.15, 0.2) is 36.4 Å². The number of hydrogen-bond donors (Lipinski definition) is 1. The zero-order chi connectivity index (χ0) is 14.4. The monoisotopic (exact) mass is 297 g/mol. The van der Waals surface area contributed by atoms with Crippen LogP contribution in [0.3, 0.4) is 0 Å². The normalized spacial score (nSPS) is 13.2. The Morgan fingerprint density at radius 3 is 2.90 bits per heavy atom. The molecule has 21 heavy (non-hydrogen) atoms.